The van der Waals surface area contributed by atoms with Crippen molar-refractivity contribution in [3.05, 3.63) is 0 Å². The van der Waals surface area contributed by atoms with Crippen LogP contribution < -0.4 is 5.73 Å². The fourth-order valence-electron chi connectivity index (χ4n) is 2.12. The summed E-state index contributed by atoms with van der Waals surface area (Å²) in [4.78, 5) is 0. The summed E-state index contributed by atoms with van der Waals surface area (Å²) in [5, 5.41) is 10.1. The minimum Gasteiger partial charge on any atom is -0.390 e. The Balaban J connectivity index is 2.52. The highest BCUT2D eigenvalue weighted by Gasteiger charge is 2.35. The van der Waals surface area contributed by atoms with Gasteiger partial charge in [0.15, 0.2) is 0 Å². The molecule has 0 aliphatic carbocycles. The average Bonchev–Trinajstić information content (AvgIpc) is 1.82. The maximum atomic E-state index is 10.1. The van der Waals surface area contributed by atoms with Crippen LogP contribution in [0.4, 0.5) is 0 Å². The van der Waals surface area contributed by atoms with E-state index in [4.69, 9.17) is 10.5 Å². The molecule has 3 heteroatoms. The minimum atomic E-state index is -0.578. The molecule has 0 bridgehead atoms. The van der Waals surface area contributed by atoms with Crippen LogP contribution in [0.25, 0.3) is 0 Å². The first-order valence-corrected chi connectivity index (χ1v) is 4.64. The largest absolute Gasteiger partial charge is 0.390 e. The van der Waals surface area contributed by atoms with Gasteiger partial charge < -0.3 is 15.6 Å². The van der Waals surface area contributed by atoms with Gasteiger partial charge in [-0.2, -0.15) is 0 Å². The maximum absolute atomic E-state index is 10.1. The molecule has 1 aliphatic rings. The van der Waals surface area contributed by atoms with Gasteiger partial charge in [-0.15, -0.1) is 0 Å². The van der Waals surface area contributed by atoms with Gasteiger partial charge in [-0.3, -0.25) is 0 Å². The van der Waals surface area contributed by atoms with Gasteiger partial charge in [-0.05, 0) is 26.8 Å². The van der Waals surface area contributed by atoms with Crippen LogP contribution in [0.2, 0.25) is 0 Å². The lowest BCUT2D eigenvalue weighted by Gasteiger charge is -2.39. The van der Waals surface area contributed by atoms with E-state index < -0.39 is 5.60 Å². The first-order chi connectivity index (χ1) is 5.56. The van der Waals surface area contributed by atoms with Gasteiger partial charge >= 0.3 is 0 Å². The first-order valence-electron chi connectivity index (χ1n) is 4.64. The van der Waals surface area contributed by atoms with Crippen molar-refractivity contribution in [2.75, 3.05) is 6.54 Å². The van der Waals surface area contributed by atoms with Crippen molar-refractivity contribution < 1.29 is 9.84 Å². The first kappa shape index (κ1) is 9.96. The highest BCUT2D eigenvalue weighted by Crippen LogP contribution is 2.30. The van der Waals surface area contributed by atoms with Crippen molar-refractivity contribution in [1.29, 1.82) is 0 Å². The molecule has 0 aromatic rings. The highest BCUT2D eigenvalue weighted by molar-refractivity contribution is 4.87. The third-order valence-corrected chi connectivity index (χ3v) is 2.41. The quantitative estimate of drug-likeness (QED) is 0.644. The molecule has 1 fully saturated rings. The Kier molecular flexibility index (Phi) is 3.09. The average molecular weight is 173 g/mol. The van der Waals surface area contributed by atoms with Crippen LogP contribution in [0.5, 0.6) is 0 Å². The Morgan fingerprint density at radius 2 is 1.92 bits per heavy atom. The molecule has 0 saturated carbocycles. The zero-order valence-electron chi connectivity index (χ0n) is 7.92. The molecule has 1 saturated heterocycles. The predicted molar refractivity (Wildman–Crippen MR) is 47.9 cm³/mol. The summed E-state index contributed by atoms with van der Waals surface area (Å²) in [6, 6.07) is 0. The molecule has 1 rings (SSSR count). The fourth-order valence-corrected chi connectivity index (χ4v) is 2.12. The van der Waals surface area contributed by atoms with Crippen molar-refractivity contribution >= 4 is 0 Å². The van der Waals surface area contributed by atoms with Crippen molar-refractivity contribution in [1.82, 2.24) is 0 Å². The molecular weight excluding hydrogens is 154 g/mol. The monoisotopic (exact) mass is 173 g/mol. The zero-order chi connectivity index (χ0) is 9.19. The molecule has 0 amide bonds. The number of rotatable bonds is 2. The number of aliphatic hydroxyl groups is 1. The second-order valence-electron chi connectivity index (χ2n) is 3.93. The third-order valence-electron chi connectivity index (χ3n) is 2.41. The lowest BCUT2D eigenvalue weighted by molar-refractivity contribution is -0.133. The fraction of sp³-hybridized carbons (Fsp3) is 1.00. The van der Waals surface area contributed by atoms with Gasteiger partial charge in [-0.1, -0.05) is 0 Å². The van der Waals surface area contributed by atoms with E-state index in [1.165, 1.54) is 0 Å². The topological polar surface area (TPSA) is 55.5 Å². The number of nitrogens with two attached hydrogens (primary N) is 1. The summed E-state index contributed by atoms with van der Waals surface area (Å²) < 4.78 is 5.53. The Morgan fingerprint density at radius 3 is 2.33 bits per heavy atom. The van der Waals surface area contributed by atoms with Crippen molar-refractivity contribution in [2.45, 2.75) is 50.9 Å². The summed E-state index contributed by atoms with van der Waals surface area (Å²) >= 11 is 0. The van der Waals surface area contributed by atoms with Gasteiger partial charge in [0.05, 0.1) is 17.8 Å². The van der Waals surface area contributed by atoms with E-state index in [1.54, 1.807) is 0 Å². The van der Waals surface area contributed by atoms with E-state index in [0.29, 0.717) is 25.8 Å². The smallest absolute Gasteiger partial charge is 0.0708 e. The maximum Gasteiger partial charge on any atom is 0.0708 e. The molecule has 1 heterocycles. The van der Waals surface area contributed by atoms with E-state index in [2.05, 4.69) is 0 Å². The van der Waals surface area contributed by atoms with Gasteiger partial charge in [0.2, 0.25) is 0 Å². The van der Waals surface area contributed by atoms with E-state index in [-0.39, 0.29) is 12.2 Å². The van der Waals surface area contributed by atoms with E-state index >= 15 is 0 Å². The van der Waals surface area contributed by atoms with E-state index in [1.807, 2.05) is 13.8 Å². The third kappa shape index (κ3) is 2.44. The second kappa shape index (κ2) is 3.73. The van der Waals surface area contributed by atoms with Gasteiger partial charge in [-0.25, -0.2) is 0 Å². The van der Waals surface area contributed by atoms with Crippen LogP contribution in [0.15, 0.2) is 0 Å². The van der Waals surface area contributed by atoms with Gasteiger partial charge in [0.1, 0.15) is 0 Å². The predicted octanol–water partition coefficient (Wildman–Crippen LogP) is 0.654. The van der Waals surface area contributed by atoms with Crippen molar-refractivity contribution in [3.63, 3.8) is 0 Å². The number of hydrogen-bond donors (Lipinski definition) is 2. The van der Waals surface area contributed by atoms with Crippen LogP contribution in [-0.2, 0) is 4.74 Å². The van der Waals surface area contributed by atoms with E-state index in [9.17, 15) is 5.11 Å². The van der Waals surface area contributed by atoms with Gasteiger partial charge in [0.25, 0.3) is 0 Å². The lowest BCUT2D eigenvalue weighted by Crippen LogP contribution is -2.44. The standard InChI is InChI=1S/C9H19NO2/c1-7-5-9(11,3-4-10)6-8(2)12-7/h7-8,11H,3-6,10H2,1-2H3. The van der Waals surface area contributed by atoms with Gasteiger partial charge in [0, 0.05) is 12.8 Å². The molecule has 0 radical (unpaired) electrons. The normalized spacial score (nSPS) is 43.0. The minimum absolute atomic E-state index is 0.158. The Hall–Kier alpha value is -0.120. The molecule has 2 unspecified atom stereocenters. The van der Waals surface area contributed by atoms with Crippen molar-refractivity contribution in [3.8, 4) is 0 Å². The molecule has 72 valence electrons. The Morgan fingerprint density at radius 1 is 1.42 bits per heavy atom. The summed E-state index contributed by atoms with van der Waals surface area (Å²) in [7, 11) is 0. The Bertz CT molecular complexity index is 139. The molecule has 2 atom stereocenters. The highest BCUT2D eigenvalue weighted by atomic mass is 16.5. The van der Waals surface area contributed by atoms with Crippen molar-refractivity contribution in [2.24, 2.45) is 5.73 Å². The van der Waals surface area contributed by atoms with E-state index in [0.717, 1.165) is 0 Å². The number of ether oxygens (including phenoxy) is 1. The van der Waals surface area contributed by atoms with Crippen LogP contribution in [0.1, 0.15) is 33.1 Å². The molecule has 0 spiro atoms. The van der Waals surface area contributed by atoms with Crippen LogP contribution in [0, 0.1) is 0 Å². The van der Waals surface area contributed by atoms with Crippen LogP contribution >= 0.6 is 0 Å². The summed E-state index contributed by atoms with van der Waals surface area (Å²) in [5.74, 6) is 0. The molecule has 3 nitrogen and oxygen atoms in total. The number of hydrogen-bond acceptors (Lipinski definition) is 3. The summed E-state index contributed by atoms with van der Waals surface area (Å²) in [6.07, 6.45) is 2.43. The Labute approximate surface area is 73.9 Å². The second-order valence-corrected chi connectivity index (χ2v) is 3.93. The summed E-state index contributed by atoms with van der Waals surface area (Å²) in [6.45, 7) is 4.55. The molecule has 1 aliphatic heterocycles. The lowest BCUT2D eigenvalue weighted by atomic mass is 9.85. The molecule has 12 heavy (non-hydrogen) atoms. The zero-order valence-corrected chi connectivity index (χ0v) is 7.92. The molecule has 0 aromatic heterocycles. The SMILES string of the molecule is CC1CC(O)(CCN)CC(C)O1. The van der Waals surface area contributed by atoms with Crippen LogP contribution in [0.3, 0.4) is 0 Å². The molecule has 0 aromatic carbocycles. The summed E-state index contributed by atoms with van der Waals surface area (Å²) in [5.41, 5.74) is 4.86. The molecule has 3 N–H and O–H groups in total. The van der Waals surface area contributed by atoms with Crippen LogP contribution in [-0.4, -0.2) is 29.5 Å². The molecular formula is C9H19NO2.